The molecule has 2 aliphatic rings. The fourth-order valence-corrected chi connectivity index (χ4v) is 3.60. The molecular weight excluding hydrogens is 334 g/mol. The predicted molar refractivity (Wildman–Crippen MR) is 81.5 cm³/mol. The number of hydrogen-bond acceptors (Lipinski definition) is 5. The summed E-state index contributed by atoms with van der Waals surface area (Å²) in [6.07, 6.45) is 3.71. The number of nitrogens with two attached hydrogens (primary N) is 1. The molecule has 1 saturated carbocycles. The van der Waals surface area contributed by atoms with E-state index in [1.807, 2.05) is 22.9 Å². The van der Waals surface area contributed by atoms with E-state index in [9.17, 15) is 0 Å². The van der Waals surface area contributed by atoms with Gasteiger partial charge in [-0.05, 0) is 53.8 Å². The van der Waals surface area contributed by atoms with Crippen molar-refractivity contribution in [3.8, 4) is 11.4 Å². The van der Waals surface area contributed by atoms with Crippen LogP contribution in [0, 0.1) is 5.92 Å². The maximum Gasteiger partial charge on any atom is 0.182 e. The number of ether oxygens (including phenoxy) is 1. The minimum absolute atomic E-state index is 0.225. The van der Waals surface area contributed by atoms with Gasteiger partial charge in [-0.15, -0.1) is 5.10 Å². The van der Waals surface area contributed by atoms with Gasteiger partial charge in [0, 0.05) is 22.3 Å². The molecule has 7 heteroatoms. The average Bonchev–Trinajstić information content (AvgIpc) is 3.00. The van der Waals surface area contributed by atoms with E-state index in [4.69, 9.17) is 10.5 Å². The van der Waals surface area contributed by atoms with Gasteiger partial charge in [0.25, 0.3) is 0 Å². The second kappa shape index (κ2) is 5.06. The molecule has 110 valence electrons. The Hall–Kier alpha value is -1.47. The van der Waals surface area contributed by atoms with Gasteiger partial charge in [0.15, 0.2) is 5.82 Å². The summed E-state index contributed by atoms with van der Waals surface area (Å²) in [5, 5.41) is 12.3. The molecule has 4 rings (SSSR count). The lowest BCUT2D eigenvalue weighted by atomic mass is 10.1. The van der Waals surface area contributed by atoms with Gasteiger partial charge in [0.1, 0.15) is 0 Å². The van der Waals surface area contributed by atoms with Crippen molar-refractivity contribution in [3.05, 3.63) is 22.7 Å². The molecule has 0 radical (unpaired) electrons. The molecule has 2 aromatic rings. The highest BCUT2D eigenvalue weighted by molar-refractivity contribution is 9.10. The Bertz CT molecular complexity index is 649. The largest absolute Gasteiger partial charge is 0.399 e. The molecule has 1 aliphatic carbocycles. The second-order valence-electron chi connectivity index (χ2n) is 5.75. The lowest BCUT2D eigenvalue weighted by molar-refractivity contribution is 0.0725. The molecule has 0 amide bonds. The lowest BCUT2D eigenvalue weighted by Crippen LogP contribution is -2.23. The van der Waals surface area contributed by atoms with Gasteiger partial charge in [-0.3, -0.25) is 0 Å². The van der Waals surface area contributed by atoms with Crippen LogP contribution in [-0.2, 0) is 4.74 Å². The average molecular weight is 350 g/mol. The number of rotatable bonds is 3. The van der Waals surface area contributed by atoms with Gasteiger partial charge in [0.2, 0.25) is 0 Å². The molecule has 2 fully saturated rings. The minimum atomic E-state index is 0.225. The molecule has 21 heavy (non-hydrogen) atoms. The fourth-order valence-electron chi connectivity index (χ4n) is 3.09. The Kier molecular flexibility index (Phi) is 3.19. The molecule has 2 unspecified atom stereocenters. The number of halogens is 1. The third-order valence-corrected chi connectivity index (χ3v) is 4.63. The molecule has 2 heterocycles. The van der Waals surface area contributed by atoms with Crippen LogP contribution in [0.15, 0.2) is 22.7 Å². The van der Waals surface area contributed by atoms with E-state index in [1.54, 1.807) is 0 Å². The third kappa shape index (κ3) is 2.44. The summed E-state index contributed by atoms with van der Waals surface area (Å²) in [5.74, 6) is 1.42. The first-order valence-corrected chi connectivity index (χ1v) is 7.97. The summed E-state index contributed by atoms with van der Waals surface area (Å²) in [6, 6.07) is 5.97. The maximum atomic E-state index is 5.92. The van der Waals surface area contributed by atoms with Crippen LogP contribution in [0.5, 0.6) is 0 Å². The van der Waals surface area contributed by atoms with E-state index in [1.165, 1.54) is 12.8 Å². The van der Waals surface area contributed by atoms with Gasteiger partial charge in [-0.25, -0.2) is 4.68 Å². The highest BCUT2D eigenvalue weighted by Gasteiger charge is 2.42. The molecular formula is C14H16BrN5O. The van der Waals surface area contributed by atoms with Crippen molar-refractivity contribution in [2.75, 3.05) is 12.3 Å². The molecule has 0 bridgehead atoms. The molecule has 1 saturated heterocycles. The number of hydrogen-bond donors (Lipinski definition) is 1. The summed E-state index contributed by atoms with van der Waals surface area (Å²) in [5.41, 5.74) is 7.54. The Balaban J connectivity index is 1.73. The molecule has 2 atom stereocenters. The lowest BCUT2D eigenvalue weighted by Gasteiger charge is -2.19. The smallest absolute Gasteiger partial charge is 0.182 e. The maximum absolute atomic E-state index is 5.92. The van der Waals surface area contributed by atoms with Crippen LogP contribution >= 0.6 is 15.9 Å². The molecule has 1 aromatic carbocycles. The van der Waals surface area contributed by atoms with Gasteiger partial charge in [-0.1, -0.05) is 15.9 Å². The Morgan fingerprint density at radius 1 is 1.24 bits per heavy atom. The summed E-state index contributed by atoms with van der Waals surface area (Å²) in [7, 11) is 0. The highest BCUT2D eigenvalue weighted by atomic mass is 79.9. The van der Waals surface area contributed by atoms with Gasteiger partial charge in [0.05, 0.1) is 12.1 Å². The quantitative estimate of drug-likeness (QED) is 0.860. The number of tetrazole rings is 1. The minimum Gasteiger partial charge on any atom is -0.399 e. The first kappa shape index (κ1) is 13.2. The van der Waals surface area contributed by atoms with Crippen molar-refractivity contribution in [1.29, 1.82) is 0 Å². The van der Waals surface area contributed by atoms with Crippen molar-refractivity contribution in [2.24, 2.45) is 5.92 Å². The Morgan fingerprint density at radius 3 is 2.86 bits per heavy atom. The predicted octanol–water partition coefficient (Wildman–Crippen LogP) is 2.42. The summed E-state index contributed by atoms with van der Waals surface area (Å²) in [4.78, 5) is 0. The number of aromatic nitrogens is 4. The topological polar surface area (TPSA) is 78.9 Å². The fraction of sp³-hybridized carbons (Fsp3) is 0.500. The van der Waals surface area contributed by atoms with E-state index >= 15 is 0 Å². The number of nitrogens with zero attached hydrogens (tertiary/aromatic N) is 4. The van der Waals surface area contributed by atoms with E-state index in [-0.39, 0.29) is 12.1 Å². The highest BCUT2D eigenvalue weighted by Crippen LogP contribution is 2.44. The Morgan fingerprint density at radius 2 is 2.10 bits per heavy atom. The van der Waals surface area contributed by atoms with E-state index in [2.05, 4.69) is 31.5 Å². The van der Waals surface area contributed by atoms with Crippen LogP contribution in [0.3, 0.4) is 0 Å². The second-order valence-corrected chi connectivity index (χ2v) is 6.66. The SMILES string of the molecule is Nc1cc(Br)cc(-c2nnnn2C2CCOC2C2CC2)c1. The Labute approximate surface area is 130 Å². The number of nitrogen functional groups attached to an aromatic ring is 1. The van der Waals surface area contributed by atoms with Gasteiger partial charge >= 0.3 is 0 Å². The number of benzene rings is 1. The van der Waals surface area contributed by atoms with Crippen LogP contribution in [0.25, 0.3) is 11.4 Å². The van der Waals surface area contributed by atoms with Crippen molar-refractivity contribution < 1.29 is 4.74 Å². The van der Waals surface area contributed by atoms with Crippen LogP contribution < -0.4 is 5.73 Å². The zero-order valence-electron chi connectivity index (χ0n) is 11.4. The van der Waals surface area contributed by atoms with Crippen LogP contribution in [0.2, 0.25) is 0 Å². The summed E-state index contributed by atoms with van der Waals surface area (Å²) in [6.45, 7) is 0.783. The van der Waals surface area contributed by atoms with Gasteiger partial charge in [-0.2, -0.15) is 0 Å². The van der Waals surface area contributed by atoms with Crippen molar-refractivity contribution in [2.45, 2.75) is 31.4 Å². The van der Waals surface area contributed by atoms with E-state index in [0.717, 1.165) is 28.9 Å². The summed E-state index contributed by atoms with van der Waals surface area (Å²) < 4.78 is 8.74. The molecule has 6 nitrogen and oxygen atoms in total. The molecule has 0 spiro atoms. The van der Waals surface area contributed by atoms with E-state index < -0.39 is 0 Å². The van der Waals surface area contributed by atoms with Crippen molar-refractivity contribution in [3.63, 3.8) is 0 Å². The third-order valence-electron chi connectivity index (χ3n) is 4.18. The first-order valence-electron chi connectivity index (χ1n) is 7.18. The van der Waals surface area contributed by atoms with Crippen LogP contribution in [0.4, 0.5) is 5.69 Å². The monoisotopic (exact) mass is 349 g/mol. The van der Waals surface area contributed by atoms with E-state index in [0.29, 0.717) is 11.6 Å². The number of anilines is 1. The van der Waals surface area contributed by atoms with Gasteiger partial charge < -0.3 is 10.5 Å². The first-order chi connectivity index (χ1) is 10.2. The van der Waals surface area contributed by atoms with Crippen LogP contribution in [0.1, 0.15) is 25.3 Å². The molecule has 1 aliphatic heterocycles. The zero-order valence-corrected chi connectivity index (χ0v) is 13.0. The molecule has 1 aromatic heterocycles. The standard InChI is InChI=1S/C14H16BrN5O/c15-10-5-9(6-11(16)7-10)14-17-18-19-20(14)12-3-4-21-13(12)8-1-2-8/h5-8,12-13H,1-4,16H2. The van der Waals surface area contributed by atoms with Crippen LogP contribution in [-0.4, -0.2) is 32.9 Å². The zero-order chi connectivity index (χ0) is 14.4. The van der Waals surface area contributed by atoms with Crippen molar-refractivity contribution >= 4 is 21.6 Å². The van der Waals surface area contributed by atoms with Crippen molar-refractivity contribution in [1.82, 2.24) is 20.2 Å². The molecule has 2 N–H and O–H groups in total. The normalized spacial score (nSPS) is 25.4. The summed E-state index contributed by atoms with van der Waals surface area (Å²) >= 11 is 3.47.